The molecule has 2 aromatic carbocycles. The van der Waals surface area contributed by atoms with Crippen molar-refractivity contribution in [1.82, 2.24) is 0 Å². The summed E-state index contributed by atoms with van der Waals surface area (Å²) in [7, 11) is 0. The average molecular weight is 437 g/mol. The monoisotopic (exact) mass is 435 g/mol. The van der Waals surface area contributed by atoms with E-state index < -0.39 is 24.3 Å². The fraction of sp³-hybridized carbons (Fsp3) is 0.235. The number of amides is 1. The van der Waals surface area contributed by atoms with E-state index in [2.05, 4.69) is 21.2 Å². The molecule has 2 aromatic rings. The van der Waals surface area contributed by atoms with Crippen molar-refractivity contribution < 1.29 is 22.7 Å². The molecule has 0 aromatic heterocycles. The molecule has 134 valence electrons. The molecule has 0 spiro atoms. The molecule has 0 radical (unpaired) electrons. The Balaban J connectivity index is 2.10. The smallest absolute Gasteiger partial charge is 0.418 e. The molecule has 0 heterocycles. The molecule has 8 heteroatoms. The van der Waals surface area contributed by atoms with Crippen molar-refractivity contribution in [2.24, 2.45) is 0 Å². The lowest BCUT2D eigenvalue weighted by atomic mass is 10.1. The lowest BCUT2D eigenvalue weighted by Crippen LogP contribution is -2.22. The largest absolute Gasteiger partial charge is 0.483 e. The Bertz CT molecular complexity index is 809. The summed E-state index contributed by atoms with van der Waals surface area (Å²) in [6.07, 6.45) is -4.63. The minimum atomic E-state index is -4.63. The number of ether oxygens (including phenoxy) is 1. The molecule has 0 saturated carbocycles. The number of anilines is 1. The van der Waals surface area contributed by atoms with E-state index in [9.17, 15) is 18.0 Å². The van der Waals surface area contributed by atoms with Crippen LogP contribution in [-0.4, -0.2) is 12.5 Å². The van der Waals surface area contributed by atoms with Crippen LogP contribution in [0.2, 0.25) is 5.02 Å². The molecule has 0 bridgehead atoms. The zero-order valence-corrected chi connectivity index (χ0v) is 15.6. The van der Waals surface area contributed by atoms with E-state index in [-0.39, 0.29) is 10.7 Å². The van der Waals surface area contributed by atoms with Gasteiger partial charge in [-0.05, 0) is 55.3 Å². The minimum Gasteiger partial charge on any atom is -0.483 e. The van der Waals surface area contributed by atoms with Crippen LogP contribution in [-0.2, 0) is 11.0 Å². The standard InChI is InChI=1S/C17H14BrClF3NO2/c1-9-6-15(10(2)5-13(9)18)25-8-16(24)23-14-4-3-11(19)7-12(14)17(20,21)22/h3-7H,8H2,1-2H3,(H,23,24). The van der Waals surface area contributed by atoms with Crippen molar-refractivity contribution in [2.45, 2.75) is 20.0 Å². The van der Waals surface area contributed by atoms with E-state index in [0.29, 0.717) is 5.75 Å². The van der Waals surface area contributed by atoms with Crippen molar-refractivity contribution in [3.8, 4) is 5.75 Å². The fourth-order valence-corrected chi connectivity index (χ4v) is 2.73. The Hall–Kier alpha value is -1.73. The summed E-state index contributed by atoms with van der Waals surface area (Å²) in [5.74, 6) is -0.212. The molecule has 0 atom stereocenters. The van der Waals surface area contributed by atoms with Crippen molar-refractivity contribution in [1.29, 1.82) is 0 Å². The summed E-state index contributed by atoms with van der Waals surface area (Å²) in [6.45, 7) is 3.25. The number of halogens is 5. The molecule has 0 fully saturated rings. The van der Waals surface area contributed by atoms with Gasteiger partial charge in [-0.3, -0.25) is 4.79 Å². The number of rotatable bonds is 4. The Morgan fingerprint density at radius 3 is 2.52 bits per heavy atom. The maximum absolute atomic E-state index is 13.0. The zero-order chi connectivity index (χ0) is 18.8. The Morgan fingerprint density at radius 1 is 1.20 bits per heavy atom. The predicted octanol–water partition coefficient (Wildman–Crippen LogP) is 5.76. The van der Waals surface area contributed by atoms with E-state index in [1.54, 1.807) is 13.0 Å². The normalized spacial score (nSPS) is 11.3. The van der Waals surface area contributed by atoms with Crippen LogP contribution in [0.5, 0.6) is 5.75 Å². The molecule has 1 amide bonds. The van der Waals surface area contributed by atoms with Gasteiger partial charge in [0.05, 0.1) is 11.3 Å². The van der Waals surface area contributed by atoms with Crippen LogP contribution < -0.4 is 10.1 Å². The Labute approximate surface area is 156 Å². The van der Waals surface area contributed by atoms with Gasteiger partial charge in [-0.2, -0.15) is 13.2 Å². The molecule has 0 saturated heterocycles. The van der Waals surface area contributed by atoms with Crippen molar-refractivity contribution >= 4 is 39.1 Å². The maximum Gasteiger partial charge on any atom is 0.418 e. The van der Waals surface area contributed by atoms with Gasteiger partial charge in [0, 0.05) is 9.50 Å². The maximum atomic E-state index is 13.0. The molecule has 0 aliphatic rings. The van der Waals surface area contributed by atoms with Crippen LogP contribution in [0.25, 0.3) is 0 Å². The summed E-state index contributed by atoms with van der Waals surface area (Å²) >= 11 is 8.99. The fourth-order valence-electron chi connectivity index (χ4n) is 2.10. The van der Waals surface area contributed by atoms with Crippen LogP contribution >= 0.6 is 27.5 Å². The first-order valence-electron chi connectivity index (χ1n) is 7.14. The lowest BCUT2D eigenvalue weighted by Gasteiger charge is -2.15. The first-order valence-corrected chi connectivity index (χ1v) is 8.31. The van der Waals surface area contributed by atoms with Crippen molar-refractivity contribution in [3.05, 3.63) is 56.5 Å². The number of alkyl halides is 3. The molecule has 3 nitrogen and oxygen atoms in total. The Kier molecular flexibility index (Phi) is 6.00. The van der Waals surface area contributed by atoms with Crippen LogP contribution in [0.15, 0.2) is 34.8 Å². The third-order valence-electron chi connectivity index (χ3n) is 3.38. The Morgan fingerprint density at radius 2 is 1.88 bits per heavy atom. The van der Waals surface area contributed by atoms with Gasteiger partial charge in [0.25, 0.3) is 5.91 Å². The second-order valence-corrected chi connectivity index (χ2v) is 6.68. The van der Waals surface area contributed by atoms with Crippen LogP contribution in [0.3, 0.4) is 0 Å². The van der Waals surface area contributed by atoms with Gasteiger partial charge in [-0.15, -0.1) is 0 Å². The molecule has 25 heavy (non-hydrogen) atoms. The van der Waals surface area contributed by atoms with Crippen LogP contribution in [0.1, 0.15) is 16.7 Å². The second-order valence-electron chi connectivity index (χ2n) is 5.39. The van der Waals surface area contributed by atoms with Crippen LogP contribution in [0, 0.1) is 13.8 Å². The summed E-state index contributed by atoms with van der Waals surface area (Å²) in [6, 6.07) is 6.73. The molecule has 0 unspecified atom stereocenters. The van der Waals surface area contributed by atoms with E-state index in [1.165, 1.54) is 6.07 Å². The molecule has 1 N–H and O–H groups in total. The molecule has 0 aliphatic heterocycles. The average Bonchev–Trinajstić information content (AvgIpc) is 2.50. The van der Waals surface area contributed by atoms with E-state index in [0.717, 1.165) is 27.7 Å². The van der Waals surface area contributed by atoms with Gasteiger partial charge in [0.2, 0.25) is 0 Å². The molecule has 0 aliphatic carbocycles. The van der Waals surface area contributed by atoms with Gasteiger partial charge >= 0.3 is 6.18 Å². The highest BCUT2D eigenvalue weighted by Gasteiger charge is 2.34. The van der Waals surface area contributed by atoms with Crippen LogP contribution in [0.4, 0.5) is 18.9 Å². The number of hydrogen-bond acceptors (Lipinski definition) is 2. The first-order chi connectivity index (χ1) is 11.6. The highest BCUT2D eigenvalue weighted by Crippen LogP contribution is 2.36. The summed E-state index contributed by atoms with van der Waals surface area (Å²) < 4.78 is 45.4. The minimum absolute atomic E-state index is 0.0671. The van der Waals surface area contributed by atoms with Gasteiger partial charge in [0.15, 0.2) is 6.61 Å². The number of aryl methyl sites for hydroxylation is 2. The van der Waals surface area contributed by atoms with Gasteiger partial charge in [-0.1, -0.05) is 27.5 Å². The van der Waals surface area contributed by atoms with Gasteiger partial charge in [-0.25, -0.2) is 0 Å². The third kappa shape index (κ3) is 5.12. The van der Waals surface area contributed by atoms with E-state index in [4.69, 9.17) is 16.3 Å². The van der Waals surface area contributed by atoms with E-state index in [1.807, 2.05) is 13.0 Å². The zero-order valence-electron chi connectivity index (χ0n) is 13.3. The quantitative estimate of drug-likeness (QED) is 0.662. The molecular weight excluding hydrogens is 423 g/mol. The SMILES string of the molecule is Cc1cc(OCC(=O)Nc2ccc(Cl)cc2C(F)(F)F)c(C)cc1Br. The molecule has 2 rings (SSSR count). The highest BCUT2D eigenvalue weighted by molar-refractivity contribution is 9.10. The van der Waals surface area contributed by atoms with Crippen molar-refractivity contribution in [3.63, 3.8) is 0 Å². The topological polar surface area (TPSA) is 38.3 Å². The number of carbonyl (C=O) groups is 1. The molecular formula is C17H14BrClF3NO2. The van der Waals surface area contributed by atoms with Crippen molar-refractivity contribution in [2.75, 3.05) is 11.9 Å². The second kappa shape index (κ2) is 7.66. The number of benzene rings is 2. The van der Waals surface area contributed by atoms with Gasteiger partial charge < -0.3 is 10.1 Å². The third-order valence-corrected chi connectivity index (χ3v) is 4.47. The summed E-state index contributed by atoms with van der Waals surface area (Å²) in [5.41, 5.74) is 0.337. The van der Waals surface area contributed by atoms with Gasteiger partial charge in [0.1, 0.15) is 5.75 Å². The lowest BCUT2D eigenvalue weighted by molar-refractivity contribution is -0.137. The number of carbonyl (C=O) groups excluding carboxylic acids is 1. The number of hydrogen-bond donors (Lipinski definition) is 1. The predicted molar refractivity (Wildman–Crippen MR) is 94.2 cm³/mol. The highest BCUT2D eigenvalue weighted by atomic mass is 79.9. The summed E-state index contributed by atoms with van der Waals surface area (Å²) in [5, 5.41) is 2.14. The number of nitrogens with one attached hydrogen (secondary N) is 1. The summed E-state index contributed by atoms with van der Waals surface area (Å²) in [4.78, 5) is 12.0. The first kappa shape index (κ1) is 19.6. The van der Waals surface area contributed by atoms with E-state index >= 15 is 0 Å².